The number of piperidine rings is 1. The van der Waals surface area contributed by atoms with E-state index in [1.165, 1.54) is 0 Å². The summed E-state index contributed by atoms with van der Waals surface area (Å²) >= 11 is 0. The monoisotopic (exact) mass is 390 g/mol. The molecule has 6 nitrogen and oxygen atoms in total. The Bertz CT molecular complexity index is 946. The van der Waals surface area contributed by atoms with Crippen LogP contribution in [0.4, 0.5) is 5.82 Å². The summed E-state index contributed by atoms with van der Waals surface area (Å²) in [6.07, 6.45) is 2.54. The van der Waals surface area contributed by atoms with Gasteiger partial charge in [-0.1, -0.05) is 48.5 Å². The van der Waals surface area contributed by atoms with E-state index in [2.05, 4.69) is 26.4 Å². The van der Waals surface area contributed by atoms with E-state index in [0.29, 0.717) is 18.2 Å². The molecular formula is C23H26N4O2. The Kier molecular flexibility index (Phi) is 6.00. The number of hydrogen-bond acceptors (Lipinski definition) is 5. The van der Waals surface area contributed by atoms with Gasteiger partial charge in [-0.15, -0.1) is 0 Å². The minimum Gasteiger partial charge on any atom is -0.359 e. The Labute approximate surface area is 170 Å². The third kappa shape index (κ3) is 4.90. The van der Waals surface area contributed by atoms with E-state index < -0.39 is 0 Å². The summed E-state index contributed by atoms with van der Waals surface area (Å²) in [5.74, 6) is 1.95. The maximum absolute atomic E-state index is 11.6. The van der Waals surface area contributed by atoms with E-state index in [1.807, 2.05) is 55.5 Å². The van der Waals surface area contributed by atoms with Gasteiger partial charge in [-0.2, -0.15) is 0 Å². The molecule has 1 fully saturated rings. The summed E-state index contributed by atoms with van der Waals surface area (Å²) < 4.78 is 5.55. The highest BCUT2D eigenvalue weighted by Crippen LogP contribution is 2.28. The summed E-state index contributed by atoms with van der Waals surface area (Å²) in [5.41, 5.74) is 3.01. The van der Waals surface area contributed by atoms with E-state index in [4.69, 9.17) is 4.52 Å². The molecule has 1 aliphatic rings. The van der Waals surface area contributed by atoms with Gasteiger partial charge in [0.15, 0.2) is 5.76 Å². The first kappa shape index (κ1) is 19.3. The van der Waals surface area contributed by atoms with E-state index in [1.54, 1.807) is 0 Å². The van der Waals surface area contributed by atoms with E-state index >= 15 is 0 Å². The van der Waals surface area contributed by atoms with Crippen LogP contribution in [-0.4, -0.2) is 34.0 Å². The summed E-state index contributed by atoms with van der Waals surface area (Å²) in [5, 5.41) is 7.06. The topological polar surface area (TPSA) is 71.3 Å². The van der Waals surface area contributed by atoms with Crippen LogP contribution in [0.25, 0.3) is 11.3 Å². The SMILES string of the molecule is CCC(=O)Nc1cccc(C2CCN(Cc3cc(-c4ccccc4)no3)CC2)n1. The summed E-state index contributed by atoms with van der Waals surface area (Å²) in [7, 11) is 0. The lowest BCUT2D eigenvalue weighted by atomic mass is 9.93. The minimum atomic E-state index is -0.00796. The molecular weight excluding hydrogens is 364 g/mol. The molecule has 4 rings (SSSR count). The summed E-state index contributed by atoms with van der Waals surface area (Å²) in [6, 6.07) is 18.0. The molecule has 2 aromatic heterocycles. The van der Waals surface area contributed by atoms with Crippen molar-refractivity contribution >= 4 is 11.7 Å². The average molecular weight is 390 g/mol. The number of nitrogens with zero attached hydrogens (tertiary/aromatic N) is 3. The van der Waals surface area contributed by atoms with Crippen LogP contribution in [0.15, 0.2) is 59.1 Å². The van der Waals surface area contributed by atoms with Crippen LogP contribution in [0.5, 0.6) is 0 Å². The lowest BCUT2D eigenvalue weighted by Crippen LogP contribution is -2.32. The van der Waals surface area contributed by atoms with Crippen molar-refractivity contribution in [3.8, 4) is 11.3 Å². The van der Waals surface area contributed by atoms with Gasteiger partial charge in [0.1, 0.15) is 11.5 Å². The molecule has 1 amide bonds. The molecule has 1 saturated heterocycles. The van der Waals surface area contributed by atoms with Gasteiger partial charge in [0.25, 0.3) is 0 Å². The molecule has 1 aliphatic heterocycles. The summed E-state index contributed by atoms with van der Waals surface area (Å²) in [6.45, 7) is 4.58. The van der Waals surface area contributed by atoms with Crippen molar-refractivity contribution in [2.45, 2.75) is 38.6 Å². The van der Waals surface area contributed by atoms with Crippen molar-refractivity contribution in [1.29, 1.82) is 0 Å². The highest BCUT2D eigenvalue weighted by atomic mass is 16.5. The number of likely N-dealkylation sites (tertiary alicyclic amines) is 1. The molecule has 0 aliphatic carbocycles. The van der Waals surface area contributed by atoms with Gasteiger partial charge in [0.2, 0.25) is 5.91 Å². The molecule has 150 valence electrons. The van der Waals surface area contributed by atoms with Crippen LogP contribution in [-0.2, 0) is 11.3 Å². The number of amides is 1. The van der Waals surface area contributed by atoms with Crippen LogP contribution >= 0.6 is 0 Å². The van der Waals surface area contributed by atoms with E-state index in [0.717, 1.165) is 55.2 Å². The first-order chi connectivity index (χ1) is 14.2. The van der Waals surface area contributed by atoms with Gasteiger partial charge in [0.05, 0.1) is 6.54 Å². The zero-order chi connectivity index (χ0) is 20.1. The smallest absolute Gasteiger partial charge is 0.225 e. The largest absolute Gasteiger partial charge is 0.359 e. The highest BCUT2D eigenvalue weighted by molar-refractivity contribution is 5.89. The van der Waals surface area contributed by atoms with Crippen LogP contribution < -0.4 is 5.32 Å². The number of pyridine rings is 1. The van der Waals surface area contributed by atoms with Gasteiger partial charge >= 0.3 is 0 Å². The zero-order valence-corrected chi connectivity index (χ0v) is 16.7. The van der Waals surface area contributed by atoms with Crippen LogP contribution in [0, 0.1) is 0 Å². The second kappa shape index (κ2) is 9.01. The van der Waals surface area contributed by atoms with Crippen LogP contribution in [0.2, 0.25) is 0 Å². The van der Waals surface area contributed by atoms with Crippen molar-refractivity contribution in [1.82, 2.24) is 15.0 Å². The maximum Gasteiger partial charge on any atom is 0.225 e. The quantitative estimate of drug-likeness (QED) is 0.673. The number of carbonyl (C=O) groups excluding carboxylic acids is 1. The third-order valence-corrected chi connectivity index (χ3v) is 5.37. The molecule has 0 radical (unpaired) electrons. The molecule has 6 heteroatoms. The number of rotatable bonds is 6. The number of anilines is 1. The molecule has 0 bridgehead atoms. The lowest BCUT2D eigenvalue weighted by Gasteiger charge is -2.31. The zero-order valence-electron chi connectivity index (χ0n) is 16.7. The number of aromatic nitrogens is 2. The minimum absolute atomic E-state index is 0.00796. The fourth-order valence-electron chi connectivity index (χ4n) is 3.72. The van der Waals surface area contributed by atoms with E-state index in [9.17, 15) is 4.79 Å². The maximum atomic E-state index is 11.6. The third-order valence-electron chi connectivity index (χ3n) is 5.37. The number of hydrogen-bond donors (Lipinski definition) is 1. The summed E-state index contributed by atoms with van der Waals surface area (Å²) in [4.78, 5) is 18.7. The Morgan fingerprint density at radius 2 is 1.93 bits per heavy atom. The Balaban J connectivity index is 1.33. The second-order valence-corrected chi connectivity index (χ2v) is 7.44. The molecule has 0 saturated carbocycles. The normalized spacial score (nSPS) is 15.3. The fourth-order valence-corrected chi connectivity index (χ4v) is 3.72. The Hall–Kier alpha value is -2.99. The predicted octanol–water partition coefficient (Wildman–Crippen LogP) is 4.46. The van der Waals surface area contributed by atoms with Crippen molar-refractivity contribution in [3.05, 3.63) is 66.1 Å². The Morgan fingerprint density at radius 1 is 1.14 bits per heavy atom. The molecule has 0 spiro atoms. The highest BCUT2D eigenvalue weighted by Gasteiger charge is 2.23. The first-order valence-electron chi connectivity index (χ1n) is 10.2. The molecule has 0 unspecified atom stereocenters. The second-order valence-electron chi connectivity index (χ2n) is 7.44. The van der Waals surface area contributed by atoms with Gasteiger partial charge < -0.3 is 9.84 Å². The average Bonchev–Trinajstić information content (AvgIpc) is 3.23. The van der Waals surface area contributed by atoms with Crippen molar-refractivity contribution in [3.63, 3.8) is 0 Å². The number of nitrogens with one attached hydrogen (secondary N) is 1. The first-order valence-corrected chi connectivity index (χ1v) is 10.2. The lowest BCUT2D eigenvalue weighted by molar-refractivity contribution is -0.115. The number of carbonyl (C=O) groups is 1. The molecule has 0 atom stereocenters. The predicted molar refractivity (Wildman–Crippen MR) is 112 cm³/mol. The Morgan fingerprint density at radius 3 is 2.69 bits per heavy atom. The molecule has 1 N–H and O–H groups in total. The van der Waals surface area contributed by atoms with Crippen LogP contribution in [0.3, 0.4) is 0 Å². The van der Waals surface area contributed by atoms with Crippen molar-refractivity contribution in [2.75, 3.05) is 18.4 Å². The van der Waals surface area contributed by atoms with Crippen molar-refractivity contribution < 1.29 is 9.32 Å². The number of benzene rings is 1. The van der Waals surface area contributed by atoms with Crippen LogP contribution in [0.1, 0.15) is 43.6 Å². The fraction of sp³-hybridized carbons (Fsp3) is 0.348. The molecule has 3 aromatic rings. The van der Waals surface area contributed by atoms with Gasteiger partial charge in [0, 0.05) is 29.7 Å². The van der Waals surface area contributed by atoms with Gasteiger partial charge in [-0.25, -0.2) is 4.98 Å². The van der Waals surface area contributed by atoms with Gasteiger partial charge in [-0.05, 0) is 38.1 Å². The molecule has 1 aromatic carbocycles. The molecule has 3 heterocycles. The van der Waals surface area contributed by atoms with E-state index in [-0.39, 0.29) is 5.91 Å². The van der Waals surface area contributed by atoms with Gasteiger partial charge in [-0.3, -0.25) is 9.69 Å². The molecule has 29 heavy (non-hydrogen) atoms. The van der Waals surface area contributed by atoms with Crippen molar-refractivity contribution in [2.24, 2.45) is 0 Å². The standard InChI is InChI=1S/C23H26N4O2/c1-2-23(28)25-22-10-6-9-20(24-22)18-11-13-27(14-12-18)16-19-15-21(26-29-19)17-7-4-3-5-8-17/h3-10,15,18H,2,11-14,16H2,1H3,(H,24,25,28).